The van der Waals surface area contributed by atoms with E-state index in [1.807, 2.05) is 6.07 Å². The Bertz CT molecular complexity index is 671. The maximum atomic E-state index is 13.0. The molecule has 0 unspecified atom stereocenters. The summed E-state index contributed by atoms with van der Waals surface area (Å²) in [7, 11) is 0. The van der Waals surface area contributed by atoms with Gasteiger partial charge in [-0.2, -0.15) is 9.64 Å². The summed E-state index contributed by atoms with van der Waals surface area (Å²) in [5.74, 6) is -2.00. The van der Waals surface area contributed by atoms with Crippen LogP contribution in [0.2, 0.25) is 5.15 Å². The smallest absolute Gasteiger partial charge is 0.162 e. The molecule has 2 aromatic rings. The van der Waals surface area contributed by atoms with Crippen LogP contribution in [0, 0.1) is 23.0 Å². The van der Waals surface area contributed by atoms with Crippen molar-refractivity contribution in [1.29, 1.82) is 5.26 Å². The van der Waals surface area contributed by atoms with Crippen molar-refractivity contribution in [2.24, 2.45) is 0 Å². The molecule has 2 N–H and O–H groups in total. The van der Waals surface area contributed by atoms with Crippen molar-refractivity contribution in [2.45, 2.75) is 6.10 Å². The van der Waals surface area contributed by atoms with Gasteiger partial charge in [-0.1, -0.05) is 17.7 Å². The number of nitrogens with zero attached hydrogens (tertiary/aromatic N) is 2. The molecule has 1 aromatic heterocycles. The molecule has 0 amide bonds. The minimum absolute atomic E-state index is 0.0122. The van der Waals surface area contributed by atoms with Crippen molar-refractivity contribution in [2.75, 3.05) is 11.9 Å². The Kier molecular flexibility index (Phi) is 4.49. The number of aliphatic hydroxyl groups excluding tert-OH is 1. The van der Waals surface area contributed by atoms with Gasteiger partial charge in [0.05, 0.1) is 6.10 Å². The summed E-state index contributed by atoms with van der Waals surface area (Å²) in [6, 6.07) is 5.04. The lowest BCUT2D eigenvalue weighted by Gasteiger charge is -2.12. The predicted octanol–water partition coefficient (Wildman–Crippen LogP) is 3.09. The third-order valence-electron chi connectivity index (χ3n) is 2.55. The normalized spacial score (nSPS) is 11.9. The Morgan fingerprint density at radius 1 is 1.45 bits per heavy atom. The number of nitrogens with one attached hydrogen (secondary N) is 1. The number of hydrogen-bond donors (Lipinski definition) is 2. The van der Waals surface area contributed by atoms with Crippen LogP contribution in [0.25, 0.3) is 0 Å². The zero-order chi connectivity index (χ0) is 14.7. The Morgan fingerprint density at radius 3 is 2.85 bits per heavy atom. The zero-order valence-corrected chi connectivity index (χ0v) is 11.5. The van der Waals surface area contributed by atoms with E-state index in [9.17, 15) is 13.9 Å². The van der Waals surface area contributed by atoms with Gasteiger partial charge in [-0.05, 0) is 29.2 Å². The summed E-state index contributed by atoms with van der Waals surface area (Å²) < 4.78 is 29.6. The molecule has 0 radical (unpaired) electrons. The van der Waals surface area contributed by atoms with Crippen LogP contribution in [0.1, 0.15) is 17.2 Å². The van der Waals surface area contributed by atoms with Crippen LogP contribution in [0.4, 0.5) is 13.8 Å². The summed E-state index contributed by atoms with van der Waals surface area (Å²) >= 11 is 6.68. The SMILES string of the molecule is N#Cc1c(Cl)nsc1NC[C@H](O)c1ccc(F)c(F)c1. The van der Waals surface area contributed by atoms with Crippen LogP contribution < -0.4 is 5.32 Å². The van der Waals surface area contributed by atoms with E-state index in [-0.39, 0.29) is 22.8 Å². The van der Waals surface area contributed by atoms with Gasteiger partial charge >= 0.3 is 0 Å². The van der Waals surface area contributed by atoms with Crippen LogP contribution in [-0.2, 0) is 0 Å². The van der Waals surface area contributed by atoms with E-state index in [4.69, 9.17) is 16.9 Å². The van der Waals surface area contributed by atoms with Crippen LogP contribution in [0.15, 0.2) is 18.2 Å². The van der Waals surface area contributed by atoms with Gasteiger partial charge in [0.15, 0.2) is 16.8 Å². The molecule has 4 nitrogen and oxygen atoms in total. The molecule has 0 saturated carbocycles. The third kappa shape index (κ3) is 3.04. The second kappa shape index (κ2) is 6.13. The van der Waals surface area contributed by atoms with E-state index < -0.39 is 17.7 Å². The van der Waals surface area contributed by atoms with Crippen molar-refractivity contribution in [3.05, 3.63) is 46.1 Å². The molecule has 0 bridgehead atoms. The summed E-state index contributed by atoms with van der Waals surface area (Å²) in [5, 5.41) is 22.1. The predicted molar refractivity (Wildman–Crippen MR) is 71.6 cm³/mol. The number of anilines is 1. The minimum atomic E-state index is -1.06. The highest BCUT2D eigenvalue weighted by molar-refractivity contribution is 7.10. The Balaban J connectivity index is 2.07. The number of aliphatic hydroxyl groups is 1. The van der Waals surface area contributed by atoms with Gasteiger partial charge in [0.25, 0.3) is 0 Å². The number of hydrogen-bond acceptors (Lipinski definition) is 5. The molecular formula is C12H8ClF2N3OS. The molecule has 0 fully saturated rings. The van der Waals surface area contributed by atoms with Crippen LogP contribution >= 0.6 is 23.1 Å². The molecule has 0 aliphatic carbocycles. The first kappa shape index (κ1) is 14.7. The minimum Gasteiger partial charge on any atom is -0.387 e. The van der Waals surface area contributed by atoms with Gasteiger partial charge in [-0.3, -0.25) is 0 Å². The van der Waals surface area contributed by atoms with Gasteiger partial charge in [0.1, 0.15) is 16.6 Å². The molecule has 1 aromatic carbocycles. The molecular weight excluding hydrogens is 308 g/mol. The quantitative estimate of drug-likeness (QED) is 0.909. The topological polar surface area (TPSA) is 68.9 Å². The standard InChI is InChI=1S/C12H8ClF2N3OS/c13-11-7(4-16)12(20-18-11)17-5-10(19)6-1-2-8(14)9(15)3-6/h1-3,10,17,19H,5H2/t10-/m0/s1. The maximum Gasteiger partial charge on any atom is 0.162 e. The molecule has 20 heavy (non-hydrogen) atoms. The first-order valence-corrected chi connectivity index (χ1v) is 6.60. The number of halogens is 3. The lowest BCUT2D eigenvalue weighted by atomic mass is 10.1. The van der Waals surface area contributed by atoms with Gasteiger partial charge in [-0.15, -0.1) is 0 Å². The van der Waals surface area contributed by atoms with Gasteiger partial charge in [0.2, 0.25) is 0 Å². The molecule has 0 saturated heterocycles. The van der Waals surface area contributed by atoms with Crippen LogP contribution in [0.3, 0.4) is 0 Å². The van der Waals surface area contributed by atoms with Gasteiger partial charge in [0, 0.05) is 6.54 Å². The number of aromatic nitrogens is 1. The van der Waals surface area contributed by atoms with E-state index in [2.05, 4.69) is 9.69 Å². The summed E-state index contributed by atoms with van der Waals surface area (Å²) in [6.45, 7) is 0.0122. The van der Waals surface area contributed by atoms with E-state index >= 15 is 0 Å². The monoisotopic (exact) mass is 315 g/mol. The van der Waals surface area contributed by atoms with Crippen molar-refractivity contribution >= 4 is 28.1 Å². The summed E-state index contributed by atoms with van der Waals surface area (Å²) in [5.41, 5.74) is 0.416. The first-order chi connectivity index (χ1) is 9.52. The van der Waals surface area contributed by atoms with Crippen LogP contribution in [0.5, 0.6) is 0 Å². The first-order valence-electron chi connectivity index (χ1n) is 5.45. The molecule has 1 atom stereocenters. The molecule has 2 rings (SSSR count). The maximum absolute atomic E-state index is 13.0. The molecule has 104 valence electrons. The Labute approximate surface area is 122 Å². The summed E-state index contributed by atoms with van der Waals surface area (Å²) in [6.07, 6.45) is -1.06. The van der Waals surface area contributed by atoms with E-state index in [0.717, 1.165) is 23.7 Å². The molecule has 8 heteroatoms. The highest BCUT2D eigenvalue weighted by Crippen LogP contribution is 2.28. The Hall–Kier alpha value is -1.75. The lowest BCUT2D eigenvalue weighted by molar-refractivity contribution is 0.191. The van der Waals surface area contributed by atoms with Crippen molar-refractivity contribution in [3.8, 4) is 6.07 Å². The number of rotatable bonds is 4. The molecule has 0 aliphatic rings. The Morgan fingerprint density at radius 2 is 2.20 bits per heavy atom. The largest absolute Gasteiger partial charge is 0.387 e. The van der Waals surface area contributed by atoms with Crippen molar-refractivity contribution < 1.29 is 13.9 Å². The highest BCUT2D eigenvalue weighted by Gasteiger charge is 2.15. The third-order valence-corrected chi connectivity index (χ3v) is 3.73. The molecule has 0 aliphatic heterocycles. The fourth-order valence-electron chi connectivity index (χ4n) is 1.52. The molecule has 0 spiro atoms. The second-order valence-corrected chi connectivity index (χ2v) is 4.99. The van der Waals surface area contributed by atoms with E-state index in [0.29, 0.717) is 5.00 Å². The highest BCUT2D eigenvalue weighted by atomic mass is 35.5. The lowest BCUT2D eigenvalue weighted by Crippen LogP contribution is -2.12. The average Bonchev–Trinajstić information content (AvgIpc) is 2.79. The fraction of sp³-hybridized carbons (Fsp3) is 0.167. The van der Waals surface area contributed by atoms with Gasteiger partial charge in [-0.25, -0.2) is 8.78 Å². The zero-order valence-electron chi connectivity index (χ0n) is 9.90. The number of nitriles is 1. The number of benzene rings is 1. The average molecular weight is 316 g/mol. The van der Waals surface area contributed by atoms with E-state index in [1.165, 1.54) is 6.07 Å². The van der Waals surface area contributed by atoms with Crippen molar-refractivity contribution in [1.82, 2.24) is 4.37 Å². The van der Waals surface area contributed by atoms with Gasteiger partial charge < -0.3 is 10.4 Å². The van der Waals surface area contributed by atoms with E-state index in [1.54, 1.807) is 0 Å². The summed E-state index contributed by atoms with van der Waals surface area (Å²) in [4.78, 5) is 0. The fourth-order valence-corrected chi connectivity index (χ4v) is 2.46. The second-order valence-electron chi connectivity index (χ2n) is 3.86. The molecule has 1 heterocycles. The van der Waals surface area contributed by atoms with Crippen molar-refractivity contribution in [3.63, 3.8) is 0 Å². The van der Waals surface area contributed by atoms with Crippen LogP contribution in [-0.4, -0.2) is 16.0 Å².